The highest BCUT2D eigenvalue weighted by molar-refractivity contribution is 5.51. The Kier molecular flexibility index (Phi) is 4.81. The van der Waals surface area contributed by atoms with E-state index in [-0.39, 0.29) is 12.4 Å². The van der Waals surface area contributed by atoms with E-state index in [4.69, 9.17) is 18.6 Å². The van der Waals surface area contributed by atoms with Crippen LogP contribution in [0.5, 0.6) is 6.08 Å². The molecule has 0 saturated carbocycles. The summed E-state index contributed by atoms with van der Waals surface area (Å²) in [5.41, 5.74) is 0.867. The minimum absolute atomic E-state index is 0.107. The summed E-state index contributed by atoms with van der Waals surface area (Å²) in [6.45, 7) is 1.57. The van der Waals surface area contributed by atoms with Gasteiger partial charge in [-0.3, -0.25) is 0 Å². The fraction of sp³-hybridized carbons (Fsp3) is 0.467. The fourth-order valence-electron chi connectivity index (χ4n) is 2.12. The van der Waals surface area contributed by atoms with E-state index in [9.17, 15) is 0 Å². The Bertz CT molecular complexity index is 538. The van der Waals surface area contributed by atoms with Gasteiger partial charge in [-0.05, 0) is 31.4 Å². The molecular formula is C15H18N2O4. The Morgan fingerprint density at radius 2 is 2.00 bits per heavy atom. The molecule has 0 radical (unpaired) electrons. The van der Waals surface area contributed by atoms with Crippen LogP contribution in [0.1, 0.15) is 19.3 Å². The van der Waals surface area contributed by atoms with Crippen molar-refractivity contribution in [3.8, 4) is 17.5 Å². The van der Waals surface area contributed by atoms with Crippen LogP contribution >= 0.6 is 0 Å². The minimum Gasteiger partial charge on any atom is -0.447 e. The molecular weight excluding hydrogens is 272 g/mol. The van der Waals surface area contributed by atoms with Crippen molar-refractivity contribution < 1.29 is 18.6 Å². The van der Waals surface area contributed by atoms with Gasteiger partial charge in [-0.2, -0.15) is 0 Å². The third kappa shape index (κ3) is 4.03. The van der Waals surface area contributed by atoms with Crippen molar-refractivity contribution in [2.24, 2.45) is 0 Å². The molecule has 3 rings (SSSR count). The summed E-state index contributed by atoms with van der Waals surface area (Å²) in [6, 6.07) is 9.57. The van der Waals surface area contributed by atoms with E-state index >= 15 is 0 Å². The van der Waals surface area contributed by atoms with E-state index in [0.717, 1.165) is 31.4 Å². The van der Waals surface area contributed by atoms with E-state index in [1.54, 1.807) is 0 Å². The second-order valence-electron chi connectivity index (χ2n) is 4.75. The van der Waals surface area contributed by atoms with Crippen LogP contribution in [0.15, 0.2) is 34.7 Å². The molecule has 6 nitrogen and oxygen atoms in total. The van der Waals surface area contributed by atoms with Gasteiger partial charge in [0.15, 0.2) is 6.29 Å². The van der Waals surface area contributed by atoms with Gasteiger partial charge in [0, 0.05) is 12.2 Å². The van der Waals surface area contributed by atoms with Crippen molar-refractivity contribution in [3.05, 3.63) is 30.3 Å². The minimum atomic E-state index is -0.107. The molecule has 112 valence electrons. The van der Waals surface area contributed by atoms with Crippen LogP contribution in [-0.2, 0) is 9.47 Å². The van der Waals surface area contributed by atoms with Gasteiger partial charge in [-0.25, -0.2) is 0 Å². The molecule has 0 N–H and O–H groups in total. The largest absolute Gasteiger partial charge is 0.447 e. The van der Waals surface area contributed by atoms with Crippen molar-refractivity contribution in [1.29, 1.82) is 0 Å². The first-order valence-electron chi connectivity index (χ1n) is 7.17. The lowest BCUT2D eigenvalue weighted by molar-refractivity contribution is -0.166. The molecule has 1 aliphatic heterocycles. The number of rotatable bonds is 6. The second kappa shape index (κ2) is 7.19. The van der Waals surface area contributed by atoms with Crippen LogP contribution in [0.2, 0.25) is 0 Å². The van der Waals surface area contributed by atoms with Gasteiger partial charge in [0.25, 0.3) is 5.89 Å². The molecule has 2 aromatic rings. The zero-order valence-electron chi connectivity index (χ0n) is 11.7. The molecule has 0 amide bonds. The van der Waals surface area contributed by atoms with Gasteiger partial charge >= 0.3 is 6.08 Å². The number of benzene rings is 1. The maximum absolute atomic E-state index is 5.56. The lowest BCUT2D eigenvalue weighted by atomic mass is 10.2. The second-order valence-corrected chi connectivity index (χ2v) is 4.75. The van der Waals surface area contributed by atoms with Gasteiger partial charge in [-0.15, -0.1) is 5.10 Å². The zero-order valence-corrected chi connectivity index (χ0v) is 11.7. The molecule has 1 saturated heterocycles. The normalized spacial score (nSPS) is 18.6. The van der Waals surface area contributed by atoms with Crippen molar-refractivity contribution in [3.63, 3.8) is 0 Å². The van der Waals surface area contributed by atoms with Gasteiger partial charge in [0.05, 0.1) is 6.61 Å². The molecule has 0 aliphatic carbocycles. The number of aromatic nitrogens is 2. The number of hydrogen-bond donors (Lipinski definition) is 0. The molecule has 1 fully saturated rings. The highest BCUT2D eigenvalue weighted by Gasteiger charge is 2.14. The van der Waals surface area contributed by atoms with Crippen molar-refractivity contribution in [2.45, 2.75) is 25.6 Å². The van der Waals surface area contributed by atoms with E-state index in [2.05, 4.69) is 10.2 Å². The monoisotopic (exact) mass is 290 g/mol. The third-order valence-corrected chi connectivity index (χ3v) is 3.18. The highest BCUT2D eigenvalue weighted by Crippen LogP contribution is 2.20. The molecule has 0 unspecified atom stereocenters. The summed E-state index contributed by atoms with van der Waals surface area (Å²) >= 11 is 0. The quantitative estimate of drug-likeness (QED) is 0.762. The maximum atomic E-state index is 5.56. The predicted molar refractivity (Wildman–Crippen MR) is 74.8 cm³/mol. The van der Waals surface area contributed by atoms with Crippen LogP contribution < -0.4 is 4.74 Å². The summed E-state index contributed by atoms with van der Waals surface area (Å²) < 4.78 is 21.8. The first-order valence-corrected chi connectivity index (χ1v) is 7.17. The van der Waals surface area contributed by atoms with Crippen LogP contribution in [0, 0.1) is 0 Å². The molecule has 21 heavy (non-hydrogen) atoms. The first-order chi connectivity index (χ1) is 10.4. The number of ether oxygens (including phenoxy) is 3. The molecule has 1 atom stereocenters. The number of nitrogens with zero attached hydrogens (tertiary/aromatic N) is 2. The van der Waals surface area contributed by atoms with Crippen LogP contribution in [0.4, 0.5) is 0 Å². The molecule has 1 aromatic heterocycles. The van der Waals surface area contributed by atoms with Crippen LogP contribution in [0.25, 0.3) is 11.5 Å². The zero-order chi connectivity index (χ0) is 14.3. The van der Waals surface area contributed by atoms with Gasteiger partial charge in [-0.1, -0.05) is 23.3 Å². The van der Waals surface area contributed by atoms with Crippen LogP contribution in [-0.4, -0.2) is 36.3 Å². The average Bonchev–Trinajstić information content (AvgIpc) is 3.02. The van der Waals surface area contributed by atoms with E-state index in [0.29, 0.717) is 19.1 Å². The summed E-state index contributed by atoms with van der Waals surface area (Å²) in [5, 5.41) is 7.80. The molecule has 1 aliphatic rings. The Labute approximate surface area is 123 Å². The molecule has 2 heterocycles. The van der Waals surface area contributed by atoms with Crippen molar-refractivity contribution in [1.82, 2.24) is 10.2 Å². The topological polar surface area (TPSA) is 66.6 Å². The Balaban J connectivity index is 1.42. The van der Waals surface area contributed by atoms with Crippen LogP contribution in [0.3, 0.4) is 0 Å². The van der Waals surface area contributed by atoms with Gasteiger partial charge < -0.3 is 18.6 Å². The lowest BCUT2D eigenvalue weighted by Crippen LogP contribution is -2.24. The van der Waals surface area contributed by atoms with Gasteiger partial charge in [0.1, 0.15) is 6.61 Å². The highest BCUT2D eigenvalue weighted by atomic mass is 16.7. The summed E-state index contributed by atoms with van der Waals surface area (Å²) in [6.07, 6.45) is 3.25. The molecule has 0 spiro atoms. The smallest absolute Gasteiger partial charge is 0.414 e. The summed E-state index contributed by atoms with van der Waals surface area (Å²) in [5.74, 6) is 0.446. The third-order valence-electron chi connectivity index (χ3n) is 3.18. The molecule has 1 aromatic carbocycles. The van der Waals surface area contributed by atoms with E-state index < -0.39 is 0 Å². The fourth-order valence-corrected chi connectivity index (χ4v) is 2.12. The standard InChI is InChI=1S/C15H18N2O4/c1-2-6-12(7-3-1)14-16-17-15(21-14)20-11-10-19-13-8-4-5-9-18-13/h1-3,6-7,13H,4-5,8-11H2/t13-/m1/s1. The van der Waals surface area contributed by atoms with Crippen molar-refractivity contribution >= 4 is 0 Å². The predicted octanol–water partition coefficient (Wildman–Crippen LogP) is 2.66. The lowest BCUT2D eigenvalue weighted by Gasteiger charge is -2.22. The average molecular weight is 290 g/mol. The summed E-state index contributed by atoms with van der Waals surface area (Å²) in [7, 11) is 0. The Morgan fingerprint density at radius 3 is 2.81 bits per heavy atom. The Morgan fingerprint density at radius 1 is 1.10 bits per heavy atom. The number of hydrogen-bond acceptors (Lipinski definition) is 6. The maximum Gasteiger partial charge on any atom is 0.414 e. The van der Waals surface area contributed by atoms with E-state index in [1.165, 1.54) is 0 Å². The van der Waals surface area contributed by atoms with E-state index in [1.807, 2.05) is 30.3 Å². The van der Waals surface area contributed by atoms with Gasteiger partial charge in [0.2, 0.25) is 0 Å². The van der Waals surface area contributed by atoms with Crippen molar-refractivity contribution in [2.75, 3.05) is 19.8 Å². The molecule has 6 heteroatoms. The summed E-state index contributed by atoms with van der Waals surface area (Å²) in [4.78, 5) is 0. The molecule has 0 bridgehead atoms. The first kappa shape index (κ1) is 14.0. The SMILES string of the molecule is c1ccc(-c2nnc(OCCO[C@@H]3CCCCO3)o2)cc1. The Hall–Kier alpha value is -1.92.